The normalized spacial score (nSPS) is 13.5. The summed E-state index contributed by atoms with van der Waals surface area (Å²) < 4.78 is 2.23. The van der Waals surface area contributed by atoms with Gasteiger partial charge in [0.15, 0.2) is 5.82 Å². The Morgan fingerprint density at radius 1 is 0.900 bits per heavy atom. The van der Waals surface area contributed by atoms with Crippen molar-refractivity contribution in [2.45, 2.75) is 32.2 Å². The molecule has 0 fully saturated rings. The van der Waals surface area contributed by atoms with Crippen LogP contribution in [0.25, 0.3) is 22.5 Å². The number of rotatable bonds is 4. The van der Waals surface area contributed by atoms with E-state index in [-0.39, 0.29) is 5.91 Å². The van der Waals surface area contributed by atoms with Crippen LogP contribution < -0.4 is 5.32 Å². The molecule has 2 aromatic heterocycles. The van der Waals surface area contributed by atoms with Crippen LogP contribution in [0.5, 0.6) is 0 Å². The molecule has 0 saturated heterocycles. The van der Waals surface area contributed by atoms with Crippen molar-refractivity contribution in [3.05, 3.63) is 76.7 Å². The lowest BCUT2D eigenvalue weighted by molar-refractivity contribution is 0.103. The number of hydrogen-bond acceptors (Lipinski definition) is 4. The predicted octanol–water partition coefficient (Wildman–Crippen LogP) is 5.65. The van der Waals surface area contributed by atoms with E-state index in [2.05, 4.69) is 20.1 Å². The minimum absolute atomic E-state index is 0.0899. The van der Waals surface area contributed by atoms with Gasteiger partial charge in [0.25, 0.3) is 5.91 Å². The van der Waals surface area contributed by atoms with Crippen molar-refractivity contribution in [1.29, 1.82) is 0 Å². The van der Waals surface area contributed by atoms with Gasteiger partial charge in [-0.25, -0.2) is 0 Å². The van der Waals surface area contributed by atoms with Gasteiger partial charge < -0.3 is 9.88 Å². The second kappa shape index (κ2) is 8.24. The fourth-order valence-corrected chi connectivity index (χ4v) is 4.73. The third kappa shape index (κ3) is 3.66. The number of aryl methyl sites for hydroxylation is 1. The molecular formula is C24H22N4OS. The second-order valence-corrected chi connectivity index (χ2v) is 8.38. The molecular weight excluding hydrogens is 392 g/mol. The lowest BCUT2D eigenvalue weighted by atomic mass is 10.1. The van der Waals surface area contributed by atoms with E-state index in [0.717, 1.165) is 53.4 Å². The van der Waals surface area contributed by atoms with Gasteiger partial charge in [0, 0.05) is 29.8 Å². The number of thiophene rings is 1. The molecule has 2 aromatic carbocycles. The summed E-state index contributed by atoms with van der Waals surface area (Å²) in [4.78, 5) is 13.6. The summed E-state index contributed by atoms with van der Waals surface area (Å²) in [6.07, 6.45) is 4.57. The average Bonchev–Trinajstić information content (AvgIpc) is 3.37. The minimum Gasteiger partial charge on any atom is -0.321 e. The van der Waals surface area contributed by atoms with E-state index in [0.29, 0.717) is 4.88 Å². The molecule has 0 aliphatic carbocycles. The Morgan fingerprint density at radius 2 is 1.73 bits per heavy atom. The maximum Gasteiger partial charge on any atom is 0.266 e. The van der Waals surface area contributed by atoms with E-state index in [1.165, 1.54) is 24.2 Å². The molecule has 1 aliphatic heterocycles. The zero-order chi connectivity index (χ0) is 20.3. The van der Waals surface area contributed by atoms with Crippen molar-refractivity contribution < 1.29 is 4.79 Å². The molecule has 30 heavy (non-hydrogen) atoms. The summed E-state index contributed by atoms with van der Waals surface area (Å²) in [6, 6.07) is 19.9. The quantitative estimate of drug-likeness (QED) is 0.469. The summed E-state index contributed by atoms with van der Waals surface area (Å²) in [5.74, 6) is 1.90. The molecule has 1 aliphatic rings. The highest BCUT2D eigenvalue weighted by Gasteiger charge is 2.17. The standard InChI is InChI=1S/C24H22N4OS/c29-24(22-20(14-16-30-22)17-7-3-1-4-8-17)25-19-12-10-18(11-13-19)23-27-26-21-9-5-2-6-15-28(21)23/h1,3-4,7-8,10-14,16H,2,5-6,9,15H2,(H,25,29). The SMILES string of the molecule is O=C(Nc1ccc(-c2nnc3n2CCCCC3)cc1)c1sccc1-c1ccccc1. The van der Waals surface area contributed by atoms with Crippen LogP contribution >= 0.6 is 11.3 Å². The first kappa shape index (κ1) is 18.8. The van der Waals surface area contributed by atoms with Gasteiger partial charge in [0.2, 0.25) is 0 Å². The predicted molar refractivity (Wildman–Crippen MR) is 121 cm³/mol. The van der Waals surface area contributed by atoms with Crippen LogP contribution in [0.15, 0.2) is 66.0 Å². The monoisotopic (exact) mass is 414 g/mol. The number of fused-ring (bicyclic) bond motifs is 1. The molecule has 1 amide bonds. The minimum atomic E-state index is -0.0899. The zero-order valence-corrected chi connectivity index (χ0v) is 17.4. The second-order valence-electron chi connectivity index (χ2n) is 7.46. The zero-order valence-electron chi connectivity index (χ0n) is 16.5. The topological polar surface area (TPSA) is 59.8 Å². The van der Waals surface area contributed by atoms with Crippen molar-refractivity contribution in [3.63, 3.8) is 0 Å². The number of aromatic nitrogens is 3. The lowest BCUT2D eigenvalue weighted by Crippen LogP contribution is -2.11. The molecule has 4 aromatic rings. The number of nitrogens with zero attached hydrogens (tertiary/aromatic N) is 3. The van der Waals surface area contributed by atoms with Crippen molar-refractivity contribution in [3.8, 4) is 22.5 Å². The molecule has 1 N–H and O–H groups in total. The average molecular weight is 415 g/mol. The van der Waals surface area contributed by atoms with Crippen molar-refractivity contribution in [1.82, 2.24) is 14.8 Å². The molecule has 0 spiro atoms. The van der Waals surface area contributed by atoms with E-state index in [4.69, 9.17) is 0 Å². The van der Waals surface area contributed by atoms with Crippen molar-refractivity contribution in [2.24, 2.45) is 0 Å². The van der Waals surface area contributed by atoms with Crippen LogP contribution in [0.2, 0.25) is 0 Å². The first-order chi connectivity index (χ1) is 14.8. The highest BCUT2D eigenvalue weighted by molar-refractivity contribution is 7.12. The molecule has 6 heteroatoms. The van der Waals surface area contributed by atoms with Gasteiger partial charge in [-0.15, -0.1) is 21.5 Å². The van der Waals surface area contributed by atoms with Crippen LogP contribution in [0.4, 0.5) is 5.69 Å². The molecule has 0 atom stereocenters. The number of anilines is 1. The summed E-state index contributed by atoms with van der Waals surface area (Å²) in [5.41, 5.74) is 3.80. The van der Waals surface area contributed by atoms with Gasteiger partial charge in [-0.1, -0.05) is 36.8 Å². The Bertz CT molecular complexity index is 1160. The summed E-state index contributed by atoms with van der Waals surface area (Å²) >= 11 is 1.46. The third-order valence-electron chi connectivity index (χ3n) is 5.47. The number of benzene rings is 2. The molecule has 0 saturated carbocycles. The van der Waals surface area contributed by atoms with Crippen LogP contribution in [0.3, 0.4) is 0 Å². The third-order valence-corrected chi connectivity index (χ3v) is 6.38. The number of nitrogens with one attached hydrogen (secondary N) is 1. The Balaban J connectivity index is 1.35. The fourth-order valence-electron chi connectivity index (χ4n) is 3.92. The number of amides is 1. The maximum absolute atomic E-state index is 12.9. The largest absolute Gasteiger partial charge is 0.321 e. The number of carbonyl (C=O) groups is 1. The van der Waals surface area contributed by atoms with Gasteiger partial charge in [-0.05, 0) is 54.1 Å². The maximum atomic E-state index is 12.9. The smallest absolute Gasteiger partial charge is 0.266 e. The van der Waals surface area contributed by atoms with Crippen LogP contribution in [0, 0.1) is 0 Å². The van der Waals surface area contributed by atoms with Gasteiger partial charge in [-0.2, -0.15) is 0 Å². The van der Waals surface area contributed by atoms with Gasteiger partial charge in [-0.3, -0.25) is 4.79 Å². The van der Waals surface area contributed by atoms with E-state index in [1.807, 2.05) is 66.0 Å². The first-order valence-corrected chi connectivity index (χ1v) is 11.1. The highest BCUT2D eigenvalue weighted by Crippen LogP contribution is 2.29. The van der Waals surface area contributed by atoms with E-state index < -0.39 is 0 Å². The number of carbonyl (C=O) groups excluding carboxylic acids is 1. The molecule has 3 heterocycles. The van der Waals surface area contributed by atoms with E-state index >= 15 is 0 Å². The Kier molecular flexibility index (Phi) is 5.15. The van der Waals surface area contributed by atoms with Gasteiger partial charge >= 0.3 is 0 Å². The van der Waals surface area contributed by atoms with Gasteiger partial charge in [0.05, 0.1) is 4.88 Å². The lowest BCUT2D eigenvalue weighted by Gasteiger charge is -2.09. The molecule has 150 valence electrons. The molecule has 5 rings (SSSR count). The summed E-state index contributed by atoms with van der Waals surface area (Å²) in [6.45, 7) is 0.969. The fraction of sp³-hybridized carbons (Fsp3) is 0.208. The molecule has 0 unspecified atom stereocenters. The van der Waals surface area contributed by atoms with Crippen LogP contribution in [0.1, 0.15) is 34.8 Å². The van der Waals surface area contributed by atoms with Crippen molar-refractivity contribution in [2.75, 3.05) is 5.32 Å². The van der Waals surface area contributed by atoms with Crippen LogP contribution in [-0.2, 0) is 13.0 Å². The summed E-state index contributed by atoms with van der Waals surface area (Å²) in [7, 11) is 0. The summed E-state index contributed by atoms with van der Waals surface area (Å²) in [5, 5.41) is 13.8. The molecule has 0 radical (unpaired) electrons. The van der Waals surface area contributed by atoms with E-state index in [1.54, 1.807) is 0 Å². The Morgan fingerprint density at radius 3 is 2.57 bits per heavy atom. The molecule has 0 bridgehead atoms. The first-order valence-electron chi connectivity index (χ1n) is 10.3. The number of hydrogen-bond donors (Lipinski definition) is 1. The Hall–Kier alpha value is -3.25. The molecule has 5 nitrogen and oxygen atoms in total. The van der Waals surface area contributed by atoms with E-state index in [9.17, 15) is 4.79 Å². The van der Waals surface area contributed by atoms with Crippen LogP contribution in [-0.4, -0.2) is 20.7 Å². The van der Waals surface area contributed by atoms with Gasteiger partial charge in [0.1, 0.15) is 5.82 Å². The Labute approximate surface area is 179 Å². The highest BCUT2D eigenvalue weighted by atomic mass is 32.1. The van der Waals surface area contributed by atoms with Crippen molar-refractivity contribution >= 4 is 22.9 Å².